The maximum absolute atomic E-state index is 4.39. The SMILES string of the molecule is CCCCCCCCCN(CCCCCCCCC)CCc1[nH]nnc1-c1ccc(C)cc1. The molecular formula is C29H50N4. The molecule has 1 aromatic carbocycles. The highest BCUT2D eigenvalue weighted by Crippen LogP contribution is 2.21. The lowest BCUT2D eigenvalue weighted by Gasteiger charge is -2.22. The smallest absolute Gasteiger partial charge is 0.116 e. The van der Waals surface area contributed by atoms with E-state index >= 15 is 0 Å². The molecule has 2 rings (SSSR count). The van der Waals surface area contributed by atoms with Crippen molar-refractivity contribution in [1.29, 1.82) is 0 Å². The van der Waals surface area contributed by atoms with E-state index < -0.39 is 0 Å². The average molecular weight is 455 g/mol. The highest BCUT2D eigenvalue weighted by atomic mass is 15.3. The Bertz CT molecular complexity index is 689. The van der Waals surface area contributed by atoms with Gasteiger partial charge in [-0.25, -0.2) is 0 Å². The maximum Gasteiger partial charge on any atom is 0.116 e. The van der Waals surface area contributed by atoms with E-state index in [4.69, 9.17) is 0 Å². The molecule has 0 amide bonds. The lowest BCUT2D eigenvalue weighted by atomic mass is 10.1. The van der Waals surface area contributed by atoms with Gasteiger partial charge < -0.3 is 4.90 Å². The molecule has 1 aromatic heterocycles. The van der Waals surface area contributed by atoms with Gasteiger partial charge in [0.2, 0.25) is 0 Å². The first-order chi connectivity index (χ1) is 16.2. The number of nitrogens with one attached hydrogen (secondary N) is 1. The summed E-state index contributed by atoms with van der Waals surface area (Å²) in [5, 5.41) is 11.7. The lowest BCUT2D eigenvalue weighted by molar-refractivity contribution is 0.262. The van der Waals surface area contributed by atoms with Crippen molar-refractivity contribution in [3.8, 4) is 11.3 Å². The molecule has 0 radical (unpaired) electrons. The molecule has 0 aliphatic carbocycles. The molecule has 0 fully saturated rings. The third-order valence-corrected chi connectivity index (χ3v) is 6.78. The predicted molar refractivity (Wildman–Crippen MR) is 143 cm³/mol. The van der Waals surface area contributed by atoms with E-state index in [1.54, 1.807) is 0 Å². The number of rotatable bonds is 20. The van der Waals surface area contributed by atoms with Crippen LogP contribution < -0.4 is 0 Å². The van der Waals surface area contributed by atoms with Crippen molar-refractivity contribution in [2.75, 3.05) is 19.6 Å². The molecular weight excluding hydrogens is 404 g/mol. The minimum Gasteiger partial charge on any atom is -0.303 e. The molecule has 0 saturated carbocycles. The summed E-state index contributed by atoms with van der Waals surface area (Å²) in [5.74, 6) is 0. The van der Waals surface area contributed by atoms with Crippen molar-refractivity contribution >= 4 is 0 Å². The third kappa shape index (κ3) is 11.8. The van der Waals surface area contributed by atoms with Gasteiger partial charge in [0, 0.05) is 18.5 Å². The van der Waals surface area contributed by atoms with E-state index in [1.165, 1.54) is 114 Å². The second-order valence-corrected chi connectivity index (χ2v) is 9.84. The summed E-state index contributed by atoms with van der Waals surface area (Å²) < 4.78 is 0. The molecule has 1 N–H and O–H groups in total. The number of unbranched alkanes of at least 4 members (excludes halogenated alkanes) is 12. The molecule has 0 bridgehead atoms. The second-order valence-electron chi connectivity index (χ2n) is 9.84. The number of H-pyrrole nitrogens is 1. The van der Waals surface area contributed by atoms with Crippen LogP contribution in [-0.4, -0.2) is 39.9 Å². The number of aromatic amines is 1. The van der Waals surface area contributed by atoms with E-state index in [0.717, 1.165) is 24.2 Å². The summed E-state index contributed by atoms with van der Waals surface area (Å²) in [4.78, 5) is 2.69. The standard InChI is InChI=1S/C29H50N4/c1-4-6-8-10-12-14-16-23-33(24-17-15-13-11-9-7-5-2)25-22-28-29(31-32-30-28)27-20-18-26(3)19-21-27/h18-21H,4-17,22-25H2,1-3H3,(H,30,31,32). The summed E-state index contributed by atoms with van der Waals surface area (Å²) in [6.45, 7) is 10.3. The molecule has 0 spiro atoms. The van der Waals surface area contributed by atoms with Crippen molar-refractivity contribution in [3.63, 3.8) is 0 Å². The van der Waals surface area contributed by atoms with Gasteiger partial charge in [-0.2, -0.15) is 0 Å². The van der Waals surface area contributed by atoms with Crippen molar-refractivity contribution in [2.24, 2.45) is 0 Å². The largest absolute Gasteiger partial charge is 0.303 e. The third-order valence-electron chi connectivity index (χ3n) is 6.78. The highest BCUT2D eigenvalue weighted by molar-refractivity contribution is 5.61. The van der Waals surface area contributed by atoms with E-state index in [2.05, 4.69) is 65.3 Å². The minimum atomic E-state index is 0.989. The van der Waals surface area contributed by atoms with Crippen molar-refractivity contribution in [1.82, 2.24) is 20.3 Å². The summed E-state index contributed by atoms with van der Waals surface area (Å²) >= 11 is 0. The highest BCUT2D eigenvalue weighted by Gasteiger charge is 2.12. The molecule has 186 valence electrons. The van der Waals surface area contributed by atoms with Gasteiger partial charge in [-0.05, 0) is 32.9 Å². The molecule has 1 heterocycles. The summed E-state index contributed by atoms with van der Waals surface area (Å²) in [7, 11) is 0. The monoisotopic (exact) mass is 454 g/mol. The normalized spacial score (nSPS) is 11.5. The Morgan fingerprint density at radius 1 is 0.667 bits per heavy atom. The first kappa shape index (κ1) is 27.6. The molecule has 0 unspecified atom stereocenters. The summed E-state index contributed by atoms with van der Waals surface area (Å²) in [6, 6.07) is 8.62. The number of benzene rings is 1. The molecule has 0 saturated heterocycles. The zero-order valence-corrected chi connectivity index (χ0v) is 21.9. The van der Waals surface area contributed by atoms with Crippen LogP contribution in [-0.2, 0) is 6.42 Å². The van der Waals surface area contributed by atoms with Crippen LogP contribution in [0, 0.1) is 6.92 Å². The number of hydrogen-bond donors (Lipinski definition) is 1. The van der Waals surface area contributed by atoms with Gasteiger partial charge >= 0.3 is 0 Å². The van der Waals surface area contributed by atoms with Crippen molar-refractivity contribution < 1.29 is 0 Å². The fourth-order valence-corrected chi connectivity index (χ4v) is 4.56. The minimum absolute atomic E-state index is 0.989. The van der Waals surface area contributed by atoms with Crippen molar-refractivity contribution in [3.05, 3.63) is 35.5 Å². The molecule has 0 atom stereocenters. The van der Waals surface area contributed by atoms with E-state index in [1.807, 2.05) is 0 Å². The van der Waals surface area contributed by atoms with Gasteiger partial charge in [-0.3, -0.25) is 5.10 Å². The number of aryl methyl sites for hydroxylation is 1. The first-order valence-electron chi connectivity index (χ1n) is 13.9. The number of nitrogens with zero attached hydrogens (tertiary/aromatic N) is 3. The summed E-state index contributed by atoms with van der Waals surface area (Å²) in [6.07, 6.45) is 20.3. The van der Waals surface area contributed by atoms with Crippen LogP contribution in [0.2, 0.25) is 0 Å². The molecule has 0 aliphatic heterocycles. The fraction of sp³-hybridized carbons (Fsp3) is 0.724. The number of hydrogen-bond acceptors (Lipinski definition) is 3. The van der Waals surface area contributed by atoms with Gasteiger partial charge in [-0.1, -0.05) is 126 Å². The van der Waals surface area contributed by atoms with Crippen LogP contribution in [0.25, 0.3) is 11.3 Å². The Hall–Kier alpha value is -1.68. The van der Waals surface area contributed by atoms with Gasteiger partial charge in [0.15, 0.2) is 0 Å². The predicted octanol–water partition coefficient (Wildman–Crippen LogP) is 8.13. The number of aromatic nitrogens is 3. The van der Waals surface area contributed by atoms with Gasteiger partial charge in [0.25, 0.3) is 0 Å². The van der Waals surface area contributed by atoms with Crippen LogP contribution >= 0.6 is 0 Å². The van der Waals surface area contributed by atoms with Gasteiger partial charge in [0.05, 0.1) is 5.69 Å². The molecule has 2 aromatic rings. The average Bonchev–Trinajstić information content (AvgIpc) is 3.30. The van der Waals surface area contributed by atoms with Crippen LogP contribution in [0.4, 0.5) is 0 Å². The van der Waals surface area contributed by atoms with Crippen LogP contribution in [0.1, 0.15) is 115 Å². The fourth-order valence-electron chi connectivity index (χ4n) is 4.56. The summed E-state index contributed by atoms with van der Waals surface area (Å²) in [5.41, 5.74) is 4.62. The second kappa shape index (κ2) is 17.8. The topological polar surface area (TPSA) is 44.8 Å². The Balaban J connectivity index is 1.79. The molecule has 0 aliphatic rings. The Labute approximate surface area is 203 Å². The van der Waals surface area contributed by atoms with Crippen LogP contribution in [0.5, 0.6) is 0 Å². The first-order valence-corrected chi connectivity index (χ1v) is 13.9. The van der Waals surface area contributed by atoms with E-state index in [9.17, 15) is 0 Å². The zero-order chi connectivity index (χ0) is 23.6. The van der Waals surface area contributed by atoms with E-state index in [0.29, 0.717) is 0 Å². The maximum atomic E-state index is 4.39. The molecule has 33 heavy (non-hydrogen) atoms. The van der Waals surface area contributed by atoms with Crippen LogP contribution in [0.15, 0.2) is 24.3 Å². The lowest BCUT2D eigenvalue weighted by Crippen LogP contribution is -2.28. The zero-order valence-electron chi connectivity index (χ0n) is 21.9. The molecule has 4 heteroatoms. The Morgan fingerprint density at radius 3 is 1.73 bits per heavy atom. The Morgan fingerprint density at radius 2 is 1.18 bits per heavy atom. The molecule has 4 nitrogen and oxygen atoms in total. The van der Waals surface area contributed by atoms with E-state index in [-0.39, 0.29) is 0 Å². The Kier molecular flexibility index (Phi) is 14.8. The van der Waals surface area contributed by atoms with Crippen molar-refractivity contribution in [2.45, 2.75) is 117 Å². The van der Waals surface area contributed by atoms with Crippen LogP contribution in [0.3, 0.4) is 0 Å². The van der Waals surface area contributed by atoms with Gasteiger partial charge in [0.1, 0.15) is 5.69 Å². The quantitative estimate of drug-likeness (QED) is 0.205. The van der Waals surface area contributed by atoms with Gasteiger partial charge in [-0.15, -0.1) is 5.10 Å².